The van der Waals surface area contributed by atoms with E-state index in [1.54, 1.807) is 84.9 Å². The number of primary amides is 1. The van der Waals surface area contributed by atoms with Gasteiger partial charge in [-0.05, 0) is 73.2 Å². The molecule has 0 spiro atoms. The predicted molar refractivity (Wildman–Crippen MR) is 145 cm³/mol. The molecule has 2 amide bonds. The highest BCUT2D eigenvalue weighted by Crippen LogP contribution is 2.30. The molecule has 9 heteroatoms. The van der Waals surface area contributed by atoms with Crippen LogP contribution in [0.3, 0.4) is 0 Å². The number of benzene rings is 4. The van der Waals surface area contributed by atoms with Crippen molar-refractivity contribution in [3.05, 3.63) is 124 Å². The summed E-state index contributed by atoms with van der Waals surface area (Å²) in [5, 5.41) is 3.29. The highest BCUT2D eigenvalue weighted by atomic mass is 35.5. The van der Waals surface area contributed by atoms with Crippen molar-refractivity contribution in [1.29, 1.82) is 0 Å². The number of carbonyl (C=O) groups is 2. The molecule has 4 aromatic rings. The number of sulfonamides is 1. The minimum absolute atomic E-state index is 0.0228. The summed E-state index contributed by atoms with van der Waals surface area (Å²) in [6.45, 7) is 1.85. The normalized spacial score (nSPS) is 11.1. The third kappa shape index (κ3) is 5.99. The van der Waals surface area contributed by atoms with Gasteiger partial charge in [0.2, 0.25) is 5.91 Å². The highest BCUT2D eigenvalue weighted by Gasteiger charge is 2.28. The Morgan fingerprint density at radius 2 is 1.49 bits per heavy atom. The van der Waals surface area contributed by atoms with Crippen LogP contribution in [0.1, 0.15) is 31.8 Å². The van der Waals surface area contributed by atoms with Crippen LogP contribution < -0.4 is 15.4 Å². The van der Waals surface area contributed by atoms with Gasteiger partial charge in [0, 0.05) is 16.3 Å². The summed E-state index contributed by atoms with van der Waals surface area (Å²) in [7, 11) is -4.05. The zero-order valence-corrected chi connectivity index (χ0v) is 21.5. The molecule has 0 heterocycles. The second kappa shape index (κ2) is 10.9. The number of halogens is 1. The molecule has 7 nitrogen and oxygen atoms in total. The van der Waals surface area contributed by atoms with Gasteiger partial charge in [-0.1, -0.05) is 53.6 Å². The number of nitrogens with one attached hydrogen (secondary N) is 1. The molecular formula is C28H24ClN3O4S. The molecule has 0 aliphatic carbocycles. The van der Waals surface area contributed by atoms with E-state index in [-0.39, 0.29) is 22.7 Å². The summed E-state index contributed by atoms with van der Waals surface area (Å²) in [6, 6.07) is 26.0. The van der Waals surface area contributed by atoms with Crippen molar-refractivity contribution in [3.63, 3.8) is 0 Å². The third-order valence-electron chi connectivity index (χ3n) is 5.69. The first-order valence-corrected chi connectivity index (χ1v) is 13.1. The van der Waals surface area contributed by atoms with Crippen LogP contribution in [0, 0.1) is 6.92 Å². The van der Waals surface area contributed by atoms with Gasteiger partial charge in [-0.15, -0.1) is 0 Å². The molecule has 188 valence electrons. The van der Waals surface area contributed by atoms with Crippen LogP contribution in [-0.2, 0) is 16.6 Å². The van der Waals surface area contributed by atoms with Crippen LogP contribution in [0.2, 0.25) is 5.02 Å². The monoisotopic (exact) mass is 533 g/mol. The molecule has 0 aromatic heterocycles. The molecule has 4 rings (SSSR count). The van der Waals surface area contributed by atoms with Crippen molar-refractivity contribution in [3.8, 4) is 0 Å². The van der Waals surface area contributed by atoms with E-state index in [2.05, 4.69) is 5.32 Å². The number of rotatable bonds is 8. The Morgan fingerprint density at radius 3 is 2.11 bits per heavy atom. The summed E-state index contributed by atoms with van der Waals surface area (Å²) in [6.07, 6.45) is 0. The standard InChI is InChI=1S/C28H24ClN3O4S/c1-19-6-16-24(17-7-19)37(35,36)32(18-20-8-12-22(29)13-9-20)26-5-3-2-4-25(26)28(34)31-23-14-10-21(11-15-23)27(30)33/h2-17H,18H2,1H3,(H2,30,33)(H,31,34). The van der Waals surface area contributed by atoms with E-state index < -0.39 is 21.8 Å². The quantitative estimate of drug-likeness (QED) is 0.316. The van der Waals surface area contributed by atoms with Crippen molar-refractivity contribution in [1.82, 2.24) is 0 Å². The molecule has 3 N–H and O–H groups in total. The average molecular weight is 534 g/mol. The van der Waals surface area contributed by atoms with Crippen molar-refractivity contribution in [2.45, 2.75) is 18.4 Å². The van der Waals surface area contributed by atoms with Crippen molar-refractivity contribution in [2.24, 2.45) is 5.73 Å². The van der Waals surface area contributed by atoms with E-state index in [0.29, 0.717) is 21.8 Å². The maximum absolute atomic E-state index is 13.9. The largest absolute Gasteiger partial charge is 0.366 e. The van der Waals surface area contributed by atoms with E-state index in [0.717, 1.165) is 5.56 Å². The Kier molecular flexibility index (Phi) is 7.61. The molecular weight excluding hydrogens is 510 g/mol. The summed E-state index contributed by atoms with van der Waals surface area (Å²) < 4.78 is 29.0. The maximum atomic E-state index is 13.9. The van der Waals surface area contributed by atoms with E-state index in [9.17, 15) is 18.0 Å². The second-order valence-corrected chi connectivity index (χ2v) is 10.7. The van der Waals surface area contributed by atoms with E-state index >= 15 is 0 Å². The highest BCUT2D eigenvalue weighted by molar-refractivity contribution is 7.92. The van der Waals surface area contributed by atoms with Crippen molar-refractivity contribution < 1.29 is 18.0 Å². The lowest BCUT2D eigenvalue weighted by molar-refractivity contribution is 0.0998. The maximum Gasteiger partial charge on any atom is 0.264 e. The molecule has 4 aromatic carbocycles. The molecule has 0 saturated heterocycles. The van der Waals surface area contributed by atoms with Crippen LogP contribution in [0.5, 0.6) is 0 Å². The van der Waals surface area contributed by atoms with Crippen molar-refractivity contribution >= 4 is 44.8 Å². The molecule has 0 aliphatic rings. The first kappa shape index (κ1) is 25.9. The number of amides is 2. The topological polar surface area (TPSA) is 110 Å². The Morgan fingerprint density at radius 1 is 0.865 bits per heavy atom. The molecule has 0 radical (unpaired) electrons. The zero-order valence-electron chi connectivity index (χ0n) is 19.9. The van der Waals surface area contributed by atoms with E-state index in [4.69, 9.17) is 17.3 Å². The van der Waals surface area contributed by atoms with Crippen molar-refractivity contribution in [2.75, 3.05) is 9.62 Å². The van der Waals surface area contributed by atoms with Crippen LogP contribution >= 0.6 is 11.6 Å². The minimum Gasteiger partial charge on any atom is -0.366 e. The summed E-state index contributed by atoms with van der Waals surface area (Å²) in [5.74, 6) is -1.09. The minimum atomic E-state index is -4.05. The molecule has 37 heavy (non-hydrogen) atoms. The van der Waals surface area contributed by atoms with Gasteiger partial charge in [-0.2, -0.15) is 0 Å². The molecule has 0 bridgehead atoms. The molecule has 0 unspecified atom stereocenters. The van der Waals surface area contributed by atoms with Crippen LogP contribution in [0.4, 0.5) is 11.4 Å². The lowest BCUT2D eigenvalue weighted by Crippen LogP contribution is -2.32. The zero-order chi connectivity index (χ0) is 26.6. The Labute approximate surface area is 220 Å². The van der Waals surface area contributed by atoms with Crippen LogP contribution in [0.15, 0.2) is 102 Å². The van der Waals surface area contributed by atoms with Gasteiger partial charge in [0.1, 0.15) is 0 Å². The van der Waals surface area contributed by atoms with Gasteiger partial charge in [0.15, 0.2) is 0 Å². The van der Waals surface area contributed by atoms with Crippen LogP contribution in [0.25, 0.3) is 0 Å². The smallest absolute Gasteiger partial charge is 0.264 e. The lowest BCUT2D eigenvalue weighted by atomic mass is 10.1. The number of nitrogens with zero attached hydrogens (tertiary/aromatic N) is 1. The lowest BCUT2D eigenvalue weighted by Gasteiger charge is -2.27. The molecule has 0 fully saturated rings. The Balaban J connectivity index is 1.75. The molecule has 0 aliphatic heterocycles. The number of anilines is 2. The third-order valence-corrected chi connectivity index (χ3v) is 7.72. The van der Waals surface area contributed by atoms with E-state index in [1.165, 1.54) is 16.4 Å². The average Bonchev–Trinajstić information content (AvgIpc) is 2.89. The number of carbonyl (C=O) groups excluding carboxylic acids is 2. The fourth-order valence-corrected chi connectivity index (χ4v) is 5.29. The number of para-hydroxylation sites is 1. The summed E-state index contributed by atoms with van der Waals surface area (Å²) >= 11 is 6.03. The first-order valence-electron chi connectivity index (χ1n) is 11.3. The van der Waals surface area contributed by atoms with E-state index in [1.807, 2.05) is 6.92 Å². The van der Waals surface area contributed by atoms with Gasteiger partial charge in [-0.25, -0.2) is 8.42 Å². The fourth-order valence-electron chi connectivity index (χ4n) is 3.69. The number of aryl methyl sites for hydroxylation is 1. The van der Waals surface area contributed by atoms with Gasteiger partial charge in [-0.3, -0.25) is 13.9 Å². The summed E-state index contributed by atoms with van der Waals surface area (Å²) in [4.78, 5) is 24.8. The summed E-state index contributed by atoms with van der Waals surface area (Å²) in [5.41, 5.74) is 7.99. The van der Waals surface area contributed by atoms with Gasteiger partial charge in [0.05, 0.1) is 22.7 Å². The Bertz CT molecular complexity index is 1540. The first-order chi connectivity index (χ1) is 17.6. The van der Waals surface area contributed by atoms with Gasteiger partial charge >= 0.3 is 0 Å². The SMILES string of the molecule is Cc1ccc(S(=O)(=O)N(Cc2ccc(Cl)cc2)c2ccccc2C(=O)Nc2ccc(C(N)=O)cc2)cc1. The van der Waals surface area contributed by atoms with Gasteiger partial charge in [0.25, 0.3) is 15.9 Å². The van der Waals surface area contributed by atoms with Crippen LogP contribution in [-0.4, -0.2) is 20.2 Å². The van der Waals surface area contributed by atoms with Gasteiger partial charge < -0.3 is 11.1 Å². The number of hydrogen-bond acceptors (Lipinski definition) is 4. The predicted octanol–water partition coefficient (Wildman–Crippen LogP) is 5.40. The second-order valence-electron chi connectivity index (χ2n) is 8.36. The molecule has 0 atom stereocenters. The fraction of sp³-hybridized carbons (Fsp3) is 0.0714. The number of hydrogen-bond donors (Lipinski definition) is 2. The molecule has 0 saturated carbocycles. The Hall–Kier alpha value is -4.14. The number of nitrogens with two attached hydrogens (primary N) is 1.